The van der Waals surface area contributed by atoms with Crippen LogP contribution in [0.5, 0.6) is 0 Å². The van der Waals surface area contributed by atoms with Crippen LogP contribution in [0, 0.1) is 5.41 Å². The summed E-state index contributed by atoms with van der Waals surface area (Å²) in [6, 6.07) is 1.83. The van der Waals surface area contributed by atoms with E-state index in [4.69, 9.17) is 19.4 Å². The monoisotopic (exact) mass is 601 g/mol. The highest BCUT2D eigenvalue weighted by molar-refractivity contribution is 6.03. The van der Waals surface area contributed by atoms with Gasteiger partial charge >= 0.3 is 12.1 Å². The molecule has 1 aliphatic carbocycles. The van der Waals surface area contributed by atoms with Crippen LogP contribution >= 0.6 is 0 Å². The average molecular weight is 602 g/mol. The molecule has 2 amide bonds. The van der Waals surface area contributed by atoms with Gasteiger partial charge in [-0.2, -0.15) is 9.97 Å². The van der Waals surface area contributed by atoms with Crippen LogP contribution in [-0.4, -0.2) is 116 Å². The lowest BCUT2D eigenvalue weighted by Gasteiger charge is -2.36. The molecule has 0 radical (unpaired) electrons. The lowest BCUT2D eigenvalue weighted by Crippen LogP contribution is -2.52. The van der Waals surface area contributed by atoms with E-state index in [1.165, 1.54) is 0 Å². The van der Waals surface area contributed by atoms with E-state index in [0.29, 0.717) is 45.6 Å². The molecule has 1 unspecified atom stereocenters. The molecule has 3 heterocycles. The highest BCUT2D eigenvalue weighted by Crippen LogP contribution is 2.42. The summed E-state index contributed by atoms with van der Waals surface area (Å²) in [4.78, 5) is 59.5. The van der Waals surface area contributed by atoms with E-state index in [9.17, 15) is 14.4 Å². The number of aromatic nitrogens is 2. The first-order chi connectivity index (χ1) is 20.8. The summed E-state index contributed by atoms with van der Waals surface area (Å²) in [7, 11) is 0. The summed E-state index contributed by atoms with van der Waals surface area (Å²) >= 11 is 0. The van der Waals surface area contributed by atoms with Crippen molar-refractivity contribution in [2.45, 2.75) is 79.2 Å². The van der Waals surface area contributed by atoms with Crippen LogP contribution in [0.25, 0.3) is 0 Å². The minimum atomic E-state index is -1.09. The fourth-order valence-corrected chi connectivity index (χ4v) is 6.61. The number of nitrogens with zero attached hydrogens (tertiary/aromatic N) is 7. The van der Waals surface area contributed by atoms with Crippen LogP contribution in [0.2, 0.25) is 0 Å². The number of esters is 1. The standard InChI is InChI=1S/C31H51N7O5/c1-6-34(7-2)25-22-26(33-29(32-25)35(8-3)9-4)36-18-20-37(21-19-36)30(41)43-23-24-14-13-17-38(24)27(39)31(15-11-12-16-31)28(40)42-10-5/h22,24H,6-21,23H2,1-5H3. The van der Waals surface area contributed by atoms with Gasteiger partial charge in [0, 0.05) is 65.0 Å². The maximum Gasteiger partial charge on any atom is 0.409 e. The minimum absolute atomic E-state index is 0.135. The third kappa shape index (κ3) is 7.09. The Kier molecular flexibility index (Phi) is 11.3. The second kappa shape index (κ2) is 14.9. The van der Waals surface area contributed by atoms with Gasteiger partial charge in [0.15, 0.2) is 0 Å². The molecule has 240 valence electrons. The number of hydrogen-bond donors (Lipinski definition) is 0. The number of carbonyl (C=O) groups excluding carboxylic acids is 3. The van der Waals surface area contributed by atoms with Gasteiger partial charge in [-0.25, -0.2) is 4.79 Å². The van der Waals surface area contributed by atoms with Crippen molar-refractivity contribution in [2.24, 2.45) is 5.41 Å². The zero-order valence-corrected chi connectivity index (χ0v) is 26.8. The first-order valence-electron chi connectivity index (χ1n) is 16.4. The first-order valence-corrected chi connectivity index (χ1v) is 16.4. The summed E-state index contributed by atoms with van der Waals surface area (Å²) in [5, 5.41) is 0. The molecule has 1 atom stereocenters. The first kappa shape index (κ1) is 32.6. The van der Waals surface area contributed by atoms with Gasteiger partial charge in [-0.1, -0.05) is 12.8 Å². The largest absolute Gasteiger partial charge is 0.465 e. The van der Waals surface area contributed by atoms with E-state index >= 15 is 0 Å². The molecule has 3 aliphatic rings. The van der Waals surface area contributed by atoms with E-state index in [-0.39, 0.29) is 31.3 Å². The van der Waals surface area contributed by atoms with Gasteiger partial charge in [0.05, 0.1) is 12.6 Å². The molecule has 12 heteroatoms. The quantitative estimate of drug-likeness (QED) is 0.261. The van der Waals surface area contributed by atoms with Crippen molar-refractivity contribution in [1.82, 2.24) is 19.8 Å². The molecule has 1 aromatic heterocycles. The Morgan fingerprint density at radius 2 is 1.51 bits per heavy atom. The molecule has 0 bridgehead atoms. The van der Waals surface area contributed by atoms with Gasteiger partial charge in [0.25, 0.3) is 0 Å². The lowest BCUT2D eigenvalue weighted by atomic mass is 9.84. The molecule has 2 saturated heterocycles. The number of carbonyl (C=O) groups is 3. The Hall–Kier alpha value is -3.31. The molecule has 0 spiro atoms. The topological polar surface area (TPSA) is 112 Å². The SMILES string of the molecule is CCOC(=O)C1(C(=O)N2CCCC2COC(=O)N2CCN(c3cc(N(CC)CC)nc(N(CC)CC)n3)CC2)CCCC1. The van der Waals surface area contributed by atoms with Crippen LogP contribution in [0.1, 0.15) is 73.1 Å². The second-order valence-corrected chi connectivity index (χ2v) is 11.6. The Morgan fingerprint density at radius 1 is 0.860 bits per heavy atom. The van der Waals surface area contributed by atoms with Crippen LogP contribution in [0.4, 0.5) is 22.4 Å². The average Bonchev–Trinajstić information content (AvgIpc) is 3.72. The number of likely N-dealkylation sites (tertiary alicyclic amines) is 1. The predicted octanol–water partition coefficient (Wildman–Crippen LogP) is 3.54. The third-order valence-electron chi connectivity index (χ3n) is 9.25. The van der Waals surface area contributed by atoms with Gasteiger partial charge in [-0.3, -0.25) is 9.59 Å². The molecule has 12 nitrogen and oxygen atoms in total. The Bertz CT molecular complexity index is 1070. The number of anilines is 3. The van der Waals surface area contributed by atoms with Crippen LogP contribution in [0.3, 0.4) is 0 Å². The van der Waals surface area contributed by atoms with Gasteiger partial charge in [-0.05, 0) is 60.3 Å². The highest BCUT2D eigenvalue weighted by Gasteiger charge is 2.52. The Morgan fingerprint density at radius 3 is 2.12 bits per heavy atom. The second-order valence-electron chi connectivity index (χ2n) is 11.6. The third-order valence-corrected chi connectivity index (χ3v) is 9.25. The van der Waals surface area contributed by atoms with Gasteiger partial charge < -0.3 is 34.0 Å². The molecular weight excluding hydrogens is 550 g/mol. The molecule has 2 aliphatic heterocycles. The minimum Gasteiger partial charge on any atom is -0.465 e. The normalized spacial score (nSPS) is 19.8. The van der Waals surface area contributed by atoms with Gasteiger partial charge in [0.2, 0.25) is 11.9 Å². The summed E-state index contributed by atoms with van der Waals surface area (Å²) < 4.78 is 11.1. The maximum absolute atomic E-state index is 13.7. The van der Waals surface area contributed by atoms with E-state index in [0.717, 1.165) is 69.4 Å². The van der Waals surface area contributed by atoms with Crippen molar-refractivity contribution < 1.29 is 23.9 Å². The number of piperazine rings is 1. The molecular formula is C31H51N7O5. The van der Waals surface area contributed by atoms with Crippen molar-refractivity contribution in [3.8, 4) is 0 Å². The van der Waals surface area contributed by atoms with Crippen molar-refractivity contribution in [1.29, 1.82) is 0 Å². The van der Waals surface area contributed by atoms with E-state index in [2.05, 4.69) is 42.4 Å². The summed E-state index contributed by atoms with van der Waals surface area (Å²) in [5.41, 5.74) is -1.09. The van der Waals surface area contributed by atoms with Crippen molar-refractivity contribution in [2.75, 3.05) is 86.8 Å². The zero-order chi connectivity index (χ0) is 31.0. The number of rotatable bonds is 12. The summed E-state index contributed by atoms with van der Waals surface area (Å²) in [6.45, 7) is 16.9. The van der Waals surface area contributed by atoms with Crippen molar-refractivity contribution in [3.05, 3.63) is 6.07 Å². The molecule has 1 saturated carbocycles. The zero-order valence-electron chi connectivity index (χ0n) is 26.8. The Balaban J connectivity index is 1.36. The molecule has 4 rings (SSSR count). The lowest BCUT2D eigenvalue weighted by molar-refractivity contribution is -0.165. The fraction of sp³-hybridized carbons (Fsp3) is 0.774. The predicted molar refractivity (Wildman–Crippen MR) is 167 cm³/mol. The fourth-order valence-electron chi connectivity index (χ4n) is 6.61. The van der Waals surface area contributed by atoms with E-state index < -0.39 is 11.4 Å². The molecule has 43 heavy (non-hydrogen) atoms. The van der Waals surface area contributed by atoms with Gasteiger partial charge in [-0.15, -0.1) is 0 Å². The van der Waals surface area contributed by atoms with Crippen LogP contribution < -0.4 is 14.7 Å². The van der Waals surface area contributed by atoms with Crippen molar-refractivity contribution >= 4 is 35.6 Å². The molecule has 1 aromatic rings. The number of ether oxygens (including phenoxy) is 2. The van der Waals surface area contributed by atoms with Crippen LogP contribution in [0.15, 0.2) is 6.07 Å². The highest BCUT2D eigenvalue weighted by atomic mass is 16.6. The molecule has 0 aromatic carbocycles. The number of hydrogen-bond acceptors (Lipinski definition) is 10. The molecule has 0 N–H and O–H groups in total. The Labute approximate surface area is 256 Å². The van der Waals surface area contributed by atoms with Crippen LogP contribution in [-0.2, 0) is 19.1 Å². The van der Waals surface area contributed by atoms with Gasteiger partial charge in [0.1, 0.15) is 23.7 Å². The summed E-state index contributed by atoms with van der Waals surface area (Å²) in [5.74, 6) is 1.94. The van der Waals surface area contributed by atoms with Crippen molar-refractivity contribution in [3.63, 3.8) is 0 Å². The smallest absolute Gasteiger partial charge is 0.409 e. The maximum atomic E-state index is 13.7. The molecule has 3 fully saturated rings. The van der Waals surface area contributed by atoms with E-state index in [1.807, 2.05) is 6.07 Å². The number of amides is 2. The summed E-state index contributed by atoms with van der Waals surface area (Å²) in [6.07, 6.45) is 3.95. The van der Waals surface area contributed by atoms with E-state index in [1.54, 1.807) is 16.7 Å².